The quantitative estimate of drug-likeness (QED) is 0.382. The molecular weight excluding hydrogens is 458 g/mol. The van der Waals surface area contributed by atoms with Crippen LogP contribution in [0.1, 0.15) is 37.6 Å². The highest BCUT2D eigenvalue weighted by atomic mass is 79.9. The van der Waals surface area contributed by atoms with E-state index in [1.807, 2.05) is 0 Å². The van der Waals surface area contributed by atoms with Crippen molar-refractivity contribution in [3.05, 3.63) is 40.9 Å². The Morgan fingerprint density at radius 3 is 2.40 bits per heavy atom. The summed E-state index contributed by atoms with van der Waals surface area (Å²) >= 11 is 3.26. The number of Topliss-reactive ketones (excluding diaryl/α,β-unsaturated/α-hetero) is 1. The third kappa shape index (κ3) is 6.87. The number of halogens is 1. The maximum Gasteiger partial charge on any atom is 0.411 e. The average molecular weight is 484 g/mol. The minimum Gasteiger partial charge on any atom is -0.465 e. The van der Waals surface area contributed by atoms with Gasteiger partial charge in [0.05, 0.1) is 13.7 Å². The Kier molecular flexibility index (Phi) is 9.03. The van der Waals surface area contributed by atoms with Crippen LogP contribution in [0.2, 0.25) is 0 Å². The maximum atomic E-state index is 12.7. The van der Waals surface area contributed by atoms with E-state index in [1.54, 1.807) is 20.8 Å². The number of nitrogens with one attached hydrogen (secondary N) is 2. The van der Waals surface area contributed by atoms with Gasteiger partial charge in [0.2, 0.25) is 5.91 Å². The summed E-state index contributed by atoms with van der Waals surface area (Å²) in [7, 11) is 1.23. The summed E-state index contributed by atoms with van der Waals surface area (Å²) in [6.45, 7) is 8.29. The molecule has 1 aromatic rings. The second kappa shape index (κ2) is 10.8. The number of amides is 3. The van der Waals surface area contributed by atoms with Crippen LogP contribution in [0.4, 0.5) is 15.3 Å². The van der Waals surface area contributed by atoms with Crippen molar-refractivity contribution in [2.45, 2.75) is 38.8 Å². The zero-order chi connectivity index (χ0) is 23.1. The van der Waals surface area contributed by atoms with Crippen LogP contribution >= 0.6 is 15.9 Å². The third-order valence-electron chi connectivity index (χ3n) is 4.06. The van der Waals surface area contributed by atoms with Crippen LogP contribution in [0.5, 0.6) is 0 Å². The summed E-state index contributed by atoms with van der Waals surface area (Å²) in [5.41, 5.74) is -0.119. The minimum absolute atomic E-state index is 0.0984. The molecule has 164 valence electrons. The first-order valence-corrected chi connectivity index (χ1v) is 9.80. The van der Waals surface area contributed by atoms with E-state index in [4.69, 9.17) is 0 Å². The molecule has 0 aromatic heterocycles. The number of carboxylic acid groups (broad SMARTS) is 1. The number of hydrogen-bond donors (Lipinski definition) is 3. The van der Waals surface area contributed by atoms with Crippen LogP contribution < -0.4 is 10.6 Å². The Bertz CT molecular complexity index is 834. The van der Waals surface area contributed by atoms with Crippen LogP contribution in [0.3, 0.4) is 0 Å². The van der Waals surface area contributed by atoms with Crippen molar-refractivity contribution in [2.24, 2.45) is 0 Å². The molecule has 0 aliphatic rings. The predicted molar refractivity (Wildman–Crippen MR) is 116 cm³/mol. The number of ketones is 1. The number of carbonyl (C=O) groups is 4. The van der Waals surface area contributed by atoms with Gasteiger partial charge >= 0.3 is 12.2 Å². The maximum absolute atomic E-state index is 12.7. The molecule has 1 atom stereocenters. The number of anilines is 1. The standard InChI is InChI=1S/C20H26BrN3O6/c1-6-7-15(24(19(28)29)20(2,3)4)17(26)22-11-16(25)13-9-8-12(10-14(13)21)23-18(27)30-5/h6,8-10,15H,1,7,11H2,2-5H3,(H,22,26)(H,23,27)(H,28,29)/t15-/m0/s1. The molecule has 3 amide bonds. The van der Waals surface area contributed by atoms with Gasteiger partial charge in [0.25, 0.3) is 0 Å². The average Bonchev–Trinajstić information content (AvgIpc) is 2.64. The van der Waals surface area contributed by atoms with Crippen molar-refractivity contribution in [1.29, 1.82) is 0 Å². The van der Waals surface area contributed by atoms with Gasteiger partial charge in [-0.25, -0.2) is 9.59 Å². The van der Waals surface area contributed by atoms with E-state index in [0.717, 1.165) is 4.90 Å². The van der Waals surface area contributed by atoms with Gasteiger partial charge in [0.15, 0.2) is 5.78 Å². The molecule has 30 heavy (non-hydrogen) atoms. The monoisotopic (exact) mass is 483 g/mol. The number of hydrogen-bond acceptors (Lipinski definition) is 5. The molecule has 9 nitrogen and oxygen atoms in total. The van der Waals surface area contributed by atoms with Crippen LogP contribution in [0.15, 0.2) is 35.3 Å². The third-order valence-corrected chi connectivity index (χ3v) is 4.71. The normalized spacial score (nSPS) is 11.8. The van der Waals surface area contributed by atoms with E-state index in [-0.39, 0.29) is 18.5 Å². The van der Waals surface area contributed by atoms with Crippen LogP contribution in [-0.2, 0) is 9.53 Å². The van der Waals surface area contributed by atoms with Crippen LogP contribution in [0, 0.1) is 0 Å². The molecule has 0 radical (unpaired) electrons. The molecule has 1 rings (SSSR count). The second-order valence-electron chi connectivity index (χ2n) is 7.32. The van der Waals surface area contributed by atoms with Gasteiger partial charge in [-0.1, -0.05) is 6.08 Å². The summed E-state index contributed by atoms with van der Waals surface area (Å²) in [6, 6.07) is 3.51. The Morgan fingerprint density at radius 1 is 1.30 bits per heavy atom. The number of benzene rings is 1. The molecule has 3 N–H and O–H groups in total. The molecule has 0 bridgehead atoms. The van der Waals surface area contributed by atoms with Crippen molar-refractivity contribution >= 4 is 45.5 Å². The lowest BCUT2D eigenvalue weighted by atomic mass is 10.0. The zero-order valence-corrected chi connectivity index (χ0v) is 18.9. The SMILES string of the molecule is C=CC[C@@H](C(=O)NCC(=O)c1ccc(NC(=O)OC)cc1Br)N(C(=O)O)C(C)(C)C. The topological polar surface area (TPSA) is 125 Å². The molecule has 0 heterocycles. The zero-order valence-electron chi connectivity index (χ0n) is 17.3. The summed E-state index contributed by atoms with van der Waals surface area (Å²) in [4.78, 5) is 49.2. The van der Waals surface area contributed by atoms with E-state index in [2.05, 4.69) is 37.9 Å². The van der Waals surface area contributed by atoms with Gasteiger partial charge in [-0.3, -0.25) is 19.8 Å². The molecule has 0 fully saturated rings. The van der Waals surface area contributed by atoms with E-state index in [0.29, 0.717) is 10.2 Å². The molecule has 0 saturated heterocycles. The molecular formula is C20H26BrN3O6. The van der Waals surface area contributed by atoms with Gasteiger partial charge in [0, 0.05) is 21.3 Å². The number of methoxy groups -OCH3 is 1. The molecule has 0 aliphatic carbocycles. The lowest BCUT2D eigenvalue weighted by Gasteiger charge is -2.38. The molecule has 1 aromatic carbocycles. The lowest BCUT2D eigenvalue weighted by molar-refractivity contribution is -0.127. The largest absolute Gasteiger partial charge is 0.465 e. The van der Waals surface area contributed by atoms with Gasteiger partial charge in [-0.15, -0.1) is 6.58 Å². The van der Waals surface area contributed by atoms with E-state index in [9.17, 15) is 24.3 Å². The van der Waals surface area contributed by atoms with E-state index in [1.165, 1.54) is 31.4 Å². The Morgan fingerprint density at radius 2 is 1.93 bits per heavy atom. The van der Waals surface area contributed by atoms with Gasteiger partial charge < -0.3 is 15.2 Å². The summed E-state index contributed by atoms with van der Waals surface area (Å²) < 4.78 is 4.92. The second-order valence-corrected chi connectivity index (χ2v) is 8.17. The van der Waals surface area contributed by atoms with Gasteiger partial charge in [0.1, 0.15) is 6.04 Å². The first-order valence-electron chi connectivity index (χ1n) is 9.01. The number of rotatable bonds is 8. The van der Waals surface area contributed by atoms with E-state index < -0.39 is 35.5 Å². The Labute approximate surface area is 183 Å². The summed E-state index contributed by atoms with van der Waals surface area (Å²) in [5.74, 6) is -0.990. The minimum atomic E-state index is -1.24. The lowest BCUT2D eigenvalue weighted by Crippen LogP contribution is -2.57. The Hall–Kier alpha value is -2.88. The smallest absolute Gasteiger partial charge is 0.411 e. The fourth-order valence-electron chi connectivity index (χ4n) is 2.74. The van der Waals surface area contributed by atoms with Crippen molar-refractivity contribution in [1.82, 2.24) is 10.2 Å². The highest BCUT2D eigenvalue weighted by molar-refractivity contribution is 9.10. The van der Waals surface area contributed by atoms with Gasteiger partial charge in [-0.05, 0) is 61.3 Å². The first-order chi connectivity index (χ1) is 13.9. The van der Waals surface area contributed by atoms with Crippen molar-refractivity contribution < 1.29 is 29.0 Å². The summed E-state index contributed by atoms with van der Waals surface area (Å²) in [6.07, 6.45) is -0.339. The molecule has 0 unspecified atom stereocenters. The Balaban J connectivity index is 2.91. The predicted octanol–water partition coefficient (Wildman–Crippen LogP) is 3.65. The van der Waals surface area contributed by atoms with Crippen LogP contribution in [-0.4, -0.2) is 59.1 Å². The molecule has 0 aliphatic heterocycles. The highest BCUT2D eigenvalue weighted by Gasteiger charge is 2.36. The number of carbonyl (C=O) groups excluding carboxylic acids is 3. The summed E-state index contributed by atoms with van der Waals surface area (Å²) in [5, 5.41) is 14.5. The number of ether oxygens (including phenoxy) is 1. The highest BCUT2D eigenvalue weighted by Crippen LogP contribution is 2.23. The van der Waals surface area contributed by atoms with Crippen molar-refractivity contribution in [3.63, 3.8) is 0 Å². The van der Waals surface area contributed by atoms with Crippen LogP contribution in [0.25, 0.3) is 0 Å². The fourth-order valence-corrected chi connectivity index (χ4v) is 3.34. The molecule has 10 heteroatoms. The number of nitrogens with zero attached hydrogens (tertiary/aromatic N) is 1. The fraction of sp³-hybridized carbons (Fsp3) is 0.400. The van der Waals surface area contributed by atoms with Crippen molar-refractivity contribution in [2.75, 3.05) is 19.0 Å². The first kappa shape index (κ1) is 25.2. The van der Waals surface area contributed by atoms with Crippen molar-refractivity contribution in [3.8, 4) is 0 Å². The van der Waals surface area contributed by atoms with E-state index >= 15 is 0 Å². The molecule has 0 saturated carbocycles. The van der Waals surface area contributed by atoms with Gasteiger partial charge in [-0.2, -0.15) is 0 Å². The molecule has 0 spiro atoms.